The minimum atomic E-state index is -0.0601. The molecule has 2 nitrogen and oxygen atoms in total. The van der Waals surface area contributed by atoms with Crippen molar-refractivity contribution in [3.63, 3.8) is 0 Å². The van der Waals surface area contributed by atoms with Crippen LogP contribution < -0.4 is 9.80 Å². The lowest BCUT2D eigenvalue weighted by atomic mass is 9.83. The molecule has 398 valence electrons. The van der Waals surface area contributed by atoms with Crippen LogP contribution in [0.3, 0.4) is 0 Å². The van der Waals surface area contributed by atoms with Crippen molar-refractivity contribution in [1.82, 2.24) is 0 Å². The quantitative estimate of drug-likeness (QED) is 0.126. The second-order valence-electron chi connectivity index (χ2n) is 23.2. The molecule has 0 aliphatic heterocycles. The van der Waals surface area contributed by atoms with E-state index in [9.17, 15) is 0 Å². The van der Waals surface area contributed by atoms with Crippen LogP contribution in [0, 0.1) is 0 Å². The molecule has 4 heteroatoms. The third kappa shape index (κ3) is 8.27. The molecule has 0 bridgehead atoms. The van der Waals surface area contributed by atoms with Crippen molar-refractivity contribution in [3.05, 3.63) is 291 Å². The Kier molecular flexibility index (Phi) is 11.9. The molecule has 84 heavy (non-hydrogen) atoms. The zero-order valence-electron chi connectivity index (χ0n) is 46.8. The molecule has 2 heterocycles. The van der Waals surface area contributed by atoms with Gasteiger partial charge in [-0.1, -0.05) is 263 Å². The molecule has 0 amide bonds. The number of thiophene rings is 2. The van der Waals surface area contributed by atoms with Crippen LogP contribution in [-0.4, -0.2) is 0 Å². The molecular weight excluding hydrogens is 1050 g/mol. The first-order valence-corrected chi connectivity index (χ1v) is 30.6. The molecule has 0 saturated heterocycles. The summed E-state index contributed by atoms with van der Waals surface area (Å²) in [5, 5.41) is 12.4. The Morgan fingerprint density at radius 3 is 1.08 bits per heavy atom. The molecule has 0 saturated carbocycles. The lowest BCUT2D eigenvalue weighted by molar-refractivity contribution is 0.591. The first-order chi connectivity index (χ1) is 41.3. The van der Waals surface area contributed by atoms with Gasteiger partial charge in [0.15, 0.2) is 0 Å². The number of rotatable bonds is 10. The summed E-state index contributed by atoms with van der Waals surface area (Å²) >= 11 is 3.76. The Bertz CT molecular complexity index is 4860. The minimum Gasteiger partial charge on any atom is -0.308 e. The lowest BCUT2D eigenvalue weighted by Gasteiger charge is -2.34. The van der Waals surface area contributed by atoms with Gasteiger partial charge in [0.25, 0.3) is 0 Å². The van der Waals surface area contributed by atoms with Gasteiger partial charge in [-0.3, -0.25) is 0 Å². The van der Waals surface area contributed by atoms with Crippen molar-refractivity contribution in [2.24, 2.45) is 0 Å². The molecular formula is C80H56N2S2. The predicted molar refractivity (Wildman–Crippen MR) is 366 cm³/mol. The van der Waals surface area contributed by atoms with E-state index >= 15 is 0 Å². The highest BCUT2D eigenvalue weighted by Crippen LogP contribution is 2.56. The lowest BCUT2D eigenvalue weighted by Crippen LogP contribution is -2.16. The van der Waals surface area contributed by atoms with Crippen LogP contribution in [0.15, 0.2) is 285 Å². The number of anilines is 6. The summed E-state index contributed by atoms with van der Waals surface area (Å²) in [6.07, 6.45) is 0. The standard InChI is InChI=1S/C80H56N2S2/c1-80(2,3)59-46-57-40-44-66-72(81(68-34-20-32-64-62-30-16-18-36-74(62)83-78(64)68)70-48-55(51-22-8-4-9-23-51)38-42-60(70)53-26-12-6-13-27-53)50-73(67-45-41-58(47-59)76(57)77(66)67)82(69-35-21-33-65-63-31-17-19-37-75(63)84-79(65)69)71-49-56(52-24-10-5-11-25-52)39-43-61(71)54-28-14-7-15-29-54/h4-50H,1-3H3. The molecule has 0 fully saturated rings. The van der Waals surface area contributed by atoms with Gasteiger partial charge in [0.1, 0.15) is 0 Å². The van der Waals surface area contributed by atoms with Gasteiger partial charge in [-0.25, -0.2) is 0 Å². The Balaban J connectivity index is 1.11. The van der Waals surface area contributed by atoms with Crippen molar-refractivity contribution < 1.29 is 0 Å². The third-order valence-corrected chi connectivity index (χ3v) is 19.5. The van der Waals surface area contributed by atoms with Gasteiger partial charge in [0.2, 0.25) is 0 Å². The van der Waals surface area contributed by atoms with E-state index in [1.54, 1.807) is 0 Å². The summed E-state index contributed by atoms with van der Waals surface area (Å²) in [5.74, 6) is 0. The van der Waals surface area contributed by atoms with Gasteiger partial charge in [0, 0.05) is 58.2 Å². The predicted octanol–water partition coefficient (Wildman–Crippen LogP) is 24.2. The van der Waals surface area contributed by atoms with Crippen molar-refractivity contribution in [2.75, 3.05) is 9.80 Å². The minimum absolute atomic E-state index is 0.0601. The molecule has 16 aromatic rings. The summed E-state index contributed by atoms with van der Waals surface area (Å²) < 4.78 is 5.00. The Morgan fingerprint density at radius 2 is 0.655 bits per heavy atom. The molecule has 2 aromatic heterocycles. The van der Waals surface area contributed by atoms with Gasteiger partial charge < -0.3 is 9.80 Å². The van der Waals surface area contributed by atoms with E-state index in [0.717, 1.165) is 67.5 Å². The highest BCUT2D eigenvalue weighted by Gasteiger charge is 2.31. The number of nitrogens with zero attached hydrogens (tertiary/aromatic N) is 2. The van der Waals surface area contributed by atoms with E-state index in [-0.39, 0.29) is 5.41 Å². The van der Waals surface area contributed by atoms with E-state index in [1.807, 2.05) is 22.7 Å². The first-order valence-electron chi connectivity index (χ1n) is 29.0. The summed E-state index contributed by atoms with van der Waals surface area (Å²) in [7, 11) is 0. The van der Waals surface area contributed by atoms with Crippen LogP contribution >= 0.6 is 22.7 Å². The molecule has 0 atom stereocenters. The Hall–Kier alpha value is -9.84. The largest absolute Gasteiger partial charge is 0.308 e. The smallest absolute Gasteiger partial charge is 0.0640 e. The molecule has 0 aliphatic carbocycles. The SMILES string of the molecule is CC(C)(C)c1cc2ccc3c(N(c4cc(-c5ccccc5)ccc4-c4ccccc4)c4cccc5c4sc4ccccc45)cc(N(c4cc(-c5ccccc5)ccc4-c4ccccc4)c4cccc5c4sc4ccccc45)c4ccc(c1)c2c34. The first kappa shape index (κ1) is 49.9. The molecule has 0 N–H and O–H groups in total. The molecule has 0 aliphatic rings. The van der Waals surface area contributed by atoms with E-state index in [0.29, 0.717) is 0 Å². The molecule has 0 spiro atoms. The average Bonchev–Trinajstić information content (AvgIpc) is 2.65. The second-order valence-corrected chi connectivity index (χ2v) is 25.3. The van der Waals surface area contributed by atoms with Crippen LogP contribution in [0.25, 0.3) is 117 Å². The topological polar surface area (TPSA) is 6.48 Å². The average molecular weight is 1110 g/mol. The van der Waals surface area contributed by atoms with Gasteiger partial charge in [-0.15, -0.1) is 22.7 Å². The maximum atomic E-state index is 2.64. The van der Waals surface area contributed by atoms with Gasteiger partial charge in [-0.05, 0) is 103 Å². The van der Waals surface area contributed by atoms with Gasteiger partial charge in [-0.2, -0.15) is 0 Å². The Labute approximate surface area is 497 Å². The molecule has 0 unspecified atom stereocenters. The zero-order valence-corrected chi connectivity index (χ0v) is 48.5. The summed E-state index contributed by atoms with van der Waals surface area (Å²) in [4.78, 5) is 5.28. The van der Waals surface area contributed by atoms with E-state index in [1.165, 1.54) is 89.4 Å². The van der Waals surface area contributed by atoms with Crippen molar-refractivity contribution in [2.45, 2.75) is 26.2 Å². The van der Waals surface area contributed by atoms with Crippen LogP contribution in [0.1, 0.15) is 26.3 Å². The number of benzene rings is 14. The zero-order chi connectivity index (χ0) is 56.0. The van der Waals surface area contributed by atoms with E-state index in [4.69, 9.17) is 0 Å². The van der Waals surface area contributed by atoms with E-state index in [2.05, 4.69) is 316 Å². The highest BCUT2D eigenvalue weighted by atomic mass is 32.1. The summed E-state index contributed by atoms with van der Waals surface area (Å²) in [6, 6.07) is 107. The van der Waals surface area contributed by atoms with Crippen LogP contribution in [0.4, 0.5) is 34.1 Å². The van der Waals surface area contributed by atoms with Gasteiger partial charge in [0.05, 0.1) is 43.5 Å². The van der Waals surface area contributed by atoms with Crippen LogP contribution in [-0.2, 0) is 5.41 Å². The van der Waals surface area contributed by atoms with Crippen molar-refractivity contribution in [1.29, 1.82) is 0 Å². The number of hydrogen-bond donors (Lipinski definition) is 0. The Morgan fingerprint density at radius 1 is 0.262 bits per heavy atom. The monoisotopic (exact) mass is 1110 g/mol. The normalized spacial score (nSPS) is 12.0. The van der Waals surface area contributed by atoms with Crippen LogP contribution in [0.2, 0.25) is 0 Å². The van der Waals surface area contributed by atoms with Gasteiger partial charge >= 0.3 is 0 Å². The number of fused-ring (bicyclic) bond motifs is 6. The fraction of sp³-hybridized carbons (Fsp3) is 0.0500. The molecule has 16 rings (SSSR count). The number of hydrogen-bond acceptors (Lipinski definition) is 4. The summed E-state index contributed by atoms with van der Waals surface area (Å²) in [6.45, 7) is 6.99. The summed E-state index contributed by atoms with van der Waals surface area (Å²) in [5.41, 5.74) is 17.1. The molecule has 0 radical (unpaired) electrons. The third-order valence-electron chi connectivity index (χ3n) is 17.1. The second kappa shape index (κ2) is 20.0. The highest BCUT2D eigenvalue weighted by molar-refractivity contribution is 7.26. The van der Waals surface area contributed by atoms with Crippen molar-refractivity contribution in [3.8, 4) is 44.5 Å². The van der Waals surface area contributed by atoms with Crippen LogP contribution in [0.5, 0.6) is 0 Å². The maximum Gasteiger partial charge on any atom is 0.0640 e. The van der Waals surface area contributed by atoms with E-state index < -0.39 is 0 Å². The van der Waals surface area contributed by atoms with Crippen molar-refractivity contribution >= 4 is 129 Å². The fourth-order valence-electron chi connectivity index (χ4n) is 13.1. The molecule has 14 aromatic carbocycles. The maximum absolute atomic E-state index is 2.64. The fourth-order valence-corrected chi connectivity index (χ4v) is 15.5.